The van der Waals surface area contributed by atoms with Crippen molar-refractivity contribution in [1.29, 1.82) is 0 Å². The maximum absolute atomic E-state index is 12.7. The second kappa shape index (κ2) is 10.9. The summed E-state index contributed by atoms with van der Waals surface area (Å²) < 4.78 is 34.4. The molecule has 1 aliphatic rings. The topological polar surface area (TPSA) is 128 Å². The molecule has 4 atom stereocenters. The van der Waals surface area contributed by atoms with E-state index in [0.29, 0.717) is 11.9 Å². The first-order valence-electron chi connectivity index (χ1n) is 12.3. The van der Waals surface area contributed by atoms with Gasteiger partial charge in [0.25, 0.3) is 5.56 Å². The lowest BCUT2D eigenvalue weighted by molar-refractivity contribution is -0.118. The van der Waals surface area contributed by atoms with Crippen molar-refractivity contribution in [3.8, 4) is 0 Å². The number of aromatic nitrogens is 3. The Labute approximate surface area is 223 Å². The quantitative estimate of drug-likeness (QED) is 0.318. The van der Waals surface area contributed by atoms with Crippen molar-refractivity contribution < 1.29 is 23.0 Å². The Bertz CT molecular complexity index is 1240. The molecule has 1 amide bonds. The van der Waals surface area contributed by atoms with Gasteiger partial charge in [-0.25, -0.2) is 9.65 Å². The highest BCUT2D eigenvalue weighted by atomic mass is 35.7. The number of halogens is 1. The number of hydrogen-bond acceptors (Lipinski definition) is 7. The molecule has 11 nitrogen and oxygen atoms in total. The minimum absolute atomic E-state index is 0.0301. The second-order valence-corrected chi connectivity index (χ2v) is 19.4. The van der Waals surface area contributed by atoms with E-state index in [9.17, 15) is 14.2 Å². The van der Waals surface area contributed by atoms with Crippen LogP contribution in [0.15, 0.2) is 17.2 Å². The molecular weight excluding hydrogens is 537 g/mol. The molecule has 1 saturated heterocycles. The summed E-state index contributed by atoms with van der Waals surface area (Å²) in [6.07, 6.45) is 0.561. The fourth-order valence-corrected chi connectivity index (χ4v) is 5.69. The zero-order chi connectivity index (χ0) is 27.9. The van der Waals surface area contributed by atoms with E-state index in [1.807, 2.05) is 0 Å². The van der Waals surface area contributed by atoms with Gasteiger partial charge >= 0.3 is 6.87 Å². The second-order valence-electron chi connectivity index (χ2n) is 11.4. The maximum Gasteiger partial charge on any atom is 0.362 e. The molecule has 2 aromatic heterocycles. The van der Waals surface area contributed by atoms with E-state index in [0.717, 1.165) is 0 Å². The number of hydrogen-bond donors (Lipinski definition) is 2. The van der Waals surface area contributed by atoms with E-state index in [1.54, 1.807) is 38.6 Å². The van der Waals surface area contributed by atoms with Gasteiger partial charge in [0.05, 0.1) is 24.6 Å². The van der Waals surface area contributed by atoms with Gasteiger partial charge in [-0.3, -0.25) is 14.2 Å². The number of H-pyrrole nitrogens is 1. The minimum Gasteiger partial charge on any atom is -0.411 e. The summed E-state index contributed by atoms with van der Waals surface area (Å²) in [5, 5.41) is 2.69. The van der Waals surface area contributed by atoms with Crippen LogP contribution in [-0.2, 0) is 23.0 Å². The third-order valence-corrected chi connectivity index (χ3v) is 14.1. The highest BCUT2D eigenvalue weighted by Crippen LogP contribution is 2.54. The van der Waals surface area contributed by atoms with E-state index in [-0.39, 0.29) is 40.9 Å². The first kappa shape index (κ1) is 30.0. The molecule has 1 aliphatic heterocycles. The average molecular weight is 576 g/mol. The van der Waals surface area contributed by atoms with Crippen molar-refractivity contribution in [2.45, 2.75) is 77.6 Å². The number of amides is 1. The fourth-order valence-electron chi connectivity index (χ4n) is 3.60. The molecule has 1 fully saturated rings. The Hall–Kier alpha value is -1.53. The molecule has 0 saturated carbocycles. The Balaban J connectivity index is 1.94. The van der Waals surface area contributed by atoms with Crippen molar-refractivity contribution in [3.05, 3.63) is 22.7 Å². The number of imidazole rings is 1. The summed E-state index contributed by atoms with van der Waals surface area (Å²) in [6.45, 7) is 10.8. The van der Waals surface area contributed by atoms with Crippen LogP contribution in [-0.4, -0.2) is 66.3 Å². The average Bonchev–Trinajstić information content (AvgIpc) is 3.35. The molecule has 208 valence electrons. The number of nitrogens with zero attached hydrogens (tertiary/aromatic N) is 3. The lowest BCUT2D eigenvalue weighted by atomic mass is 10.2. The van der Waals surface area contributed by atoms with Gasteiger partial charge < -0.3 is 28.6 Å². The predicted octanol–water partition coefficient (Wildman–Crippen LogP) is 4.92. The van der Waals surface area contributed by atoms with E-state index < -0.39 is 33.1 Å². The summed E-state index contributed by atoms with van der Waals surface area (Å²) in [6, 6.07) is 1.67. The van der Waals surface area contributed by atoms with Crippen molar-refractivity contribution in [2.24, 2.45) is 5.92 Å². The number of aromatic amines is 1. The summed E-state index contributed by atoms with van der Waals surface area (Å²) in [4.78, 5) is 31.8. The van der Waals surface area contributed by atoms with E-state index in [2.05, 4.69) is 49.1 Å². The van der Waals surface area contributed by atoms with Crippen molar-refractivity contribution in [3.63, 3.8) is 0 Å². The van der Waals surface area contributed by atoms with Crippen LogP contribution in [0, 0.1) is 5.92 Å². The molecule has 2 N–H and O–H groups in total. The molecule has 0 aliphatic carbocycles. The zero-order valence-electron chi connectivity index (χ0n) is 23.0. The van der Waals surface area contributed by atoms with Gasteiger partial charge in [-0.2, -0.15) is 0 Å². The Morgan fingerprint density at radius 2 is 2.05 bits per heavy atom. The maximum atomic E-state index is 12.7. The van der Waals surface area contributed by atoms with Crippen LogP contribution >= 0.6 is 18.1 Å². The summed E-state index contributed by atoms with van der Waals surface area (Å²) in [7, 11) is 0.969. The number of carbonyl (C=O) groups excluding carboxylic acids is 1. The van der Waals surface area contributed by atoms with Crippen LogP contribution < -0.4 is 10.9 Å². The van der Waals surface area contributed by atoms with Crippen LogP contribution in [0.4, 0.5) is 5.82 Å². The molecule has 0 aromatic carbocycles. The fraction of sp³-hybridized carbons (Fsp3) is 0.696. The molecule has 0 spiro atoms. The zero-order valence-corrected chi connectivity index (χ0v) is 25.6. The first-order chi connectivity index (χ1) is 16.9. The standard InChI is InChI=1S/C23H39ClN5O6PSi/c1-14(2)21(30)26-18-10-15-20(22(31)27-18)25-13-29(15)19-11-16(35-37(8,9)23(3,4)5)17(34-19)12-33-36(24,32)28(6)7/h10,13-14,16-17,19H,11-12H2,1-9H3,(H2,26,27,30,31)/t16-,17+,19+,36-/m0/s1. The minimum atomic E-state index is -3.50. The number of ether oxygens (including phenoxy) is 1. The van der Waals surface area contributed by atoms with Crippen molar-refractivity contribution >= 4 is 49.2 Å². The van der Waals surface area contributed by atoms with Crippen molar-refractivity contribution in [1.82, 2.24) is 19.2 Å². The van der Waals surface area contributed by atoms with Gasteiger partial charge in [0.1, 0.15) is 18.1 Å². The number of carbonyl (C=O) groups is 1. The lowest BCUT2D eigenvalue weighted by Gasteiger charge is -2.39. The van der Waals surface area contributed by atoms with Crippen LogP contribution in [0.5, 0.6) is 0 Å². The Morgan fingerprint density at radius 1 is 1.41 bits per heavy atom. The van der Waals surface area contributed by atoms with Gasteiger partial charge in [0.2, 0.25) is 5.91 Å². The molecule has 14 heteroatoms. The van der Waals surface area contributed by atoms with Crippen molar-refractivity contribution in [2.75, 3.05) is 26.0 Å². The van der Waals surface area contributed by atoms with E-state index >= 15 is 0 Å². The normalized spacial score (nSPS) is 22.6. The summed E-state index contributed by atoms with van der Waals surface area (Å²) in [5.41, 5.74) is 0.318. The lowest BCUT2D eigenvalue weighted by Crippen LogP contribution is -2.46. The summed E-state index contributed by atoms with van der Waals surface area (Å²) in [5.74, 6) is -0.194. The third-order valence-electron chi connectivity index (χ3n) is 6.98. The number of pyridine rings is 1. The highest BCUT2D eigenvalue weighted by Gasteiger charge is 2.46. The molecule has 37 heavy (non-hydrogen) atoms. The monoisotopic (exact) mass is 575 g/mol. The van der Waals surface area contributed by atoms with Crippen LogP contribution in [0.25, 0.3) is 11.0 Å². The Kier molecular flexibility index (Phi) is 8.86. The van der Waals surface area contributed by atoms with E-state index in [4.69, 9.17) is 24.9 Å². The predicted molar refractivity (Wildman–Crippen MR) is 148 cm³/mol. The van der Waals surface area contributed by atoms with Gasteiger partial charge in [0, 0.05) is 18.4 Å². The number of nitrogens with one attached hydrogen (secondary N) is 2. The molecule has 0 bridgehead atoms. The molecule has 2 aromatic rings. The molecular formula is C23H39ClN5O6PSi. The van der Waals surface area contributed by atoms with Crippen LogP contribution in [0.3, 0.4) is 0 Å². The molecule has 3 rings (SSSR count). The van der Waals surface area contributed by atoms with Crippen LogP contribution in [0.1, 0.15) is 47.3 Å². The number of anilines is 1. The SMILES string of the molecule is CC(C)C(=O)Nc1cc2c(ncn2[C@H]2C[C@H](O[Si](C)(C)C(C)(C)C)[C@@H](CO[P@@](=O)(Cl)N(C)C)O2)c(=O)[nH]1. The van der Waals surface area contributed by atoms with Gasteiger partial charge in [-0.15, -0.1) is 0 Å². The summed E-state index contributed by atoms with van der Waals surface area (Å²) >= 11 is 6.10. The van der Waals surface area contributed by atoms with Gasteiger partial charge in [-0.1, -0.05) is 34.6 Å². The van der Waals surface area contributed by atoms with Gasteiger partial charge in [-0.05, 0) is 43.5 Å². The Morgan fingerprint density at radius 3 is 2.62 bits per heavy atom. The molecule has 0 radical (unpaired) electrons. The number of fused-ring (bicyclic) bond motifs is 1. The highest BCUT2D eigenvalue weighted by molar-refractivity contribution is 7.83. The molecule has 0 unspecified atom stereocenters. The first-order valence-corrected chi connectivity index (χ1v) is 17.7. The molecule has 3 heterocycles. The van der Waals surface area contributed by atoms with Crippen LogP contribution in [0.2, 0.25) is 18.1 Å². The number of rotatable bonds is 9. The van der Waals surface area contributed by atoms with E-state index in [1.165, 1.54) is 11.0 Å². The van der Waals surface area contributed by atoms with Gasteiger partial charge in [0.15, 0.2) is 13.8 Å². The smallest absolute Gasteiger partial charge is 0.362 e. The third kappa shape index (κ3) is 6.73. The largest absolute Gasteiger partial charge is 0.411 e.